The van der Waals surface area contributed by atoms with Gasteiger partial charge in [0, 0.05) is 13.1 Å². The number of rotatable bonds is 7. The van der Waals surface area contributed by atoms with E-state index in [0.717, 1.165) is 34.7 Å². The Kier molecular flexibility index (Phi) is 5.71. The van der Waals surface area contributed by atoms with Gasteiger partial charge in [0.2, 0.25) is 0 Å². The molecule has 0 saturated heterocycles. The maximum atomic E-state index is 13.7. The van der Waals surface area contributed by atoms with E-state index in [4.69, 9.17) is 0 Å². The molecule has 2 heterocycles. The summed E-state index contributed by atoms with van der Waals surface area (Å²) in [4.78, 5) is 20.2. The fraction of sp³-hybridized carbons (Fsp3) is 0.400. The number of aryl methyl sites for hydroxylation is 1. The molecule has 0 fully saturated rings. The average Bonchev–Trinajstić information content (AvgIpc) is 3.23. The first-order valence-electron chi connectivity index (χ1n) is 8.97. The van der Waals surface area contributed by atoms with Gasteiger partial charge in [0.15, 0.2) is 0 Å². The van der Waals surface area contributed by atoms with E-state index in [9.17, 15) is 9.18 Å². The van der Waals surface area contributed by atoms with Crippen LogP contribution >= 0.6 is 11.3 Å². The molecule has 2 aromatic heterocycles. The van der Waals surface area contributed by atoms with Gasteiger partial charge in [-0.05, 0) is 42.0 Å². The number of fused-ring (bicyclic) bond motifs is 1. The van der Waals surface area contributed by atoms with Crippen molar-refractivity contribution in [1.82, 2.24) is 14.5 Å². The molecule has 0 aliphatic carbocycles. The maximum absolute atomic E-state index is 13.7. The molecule has 26 heavy (non-hydrogen) atoms. The summed E-state index contributed by atoms with van der Waals surface area (Å²) in [6.07, 6.45) is 0.915. The fourth-order valence-electron chi connectivity index (χ4n) is 3.13. The Balaban J connectivity index is 1.97. The van der Waals surface area contributed by atoms with Crippen molar-refractivity contribution >= 4 is 28.3 Å². The van der Waals surface area contributed by atoms with Crippen LogP contribution in [0.1, 0.15) is 42.7 Å². The third kappa shape index (κ3) is 3.96. The van der Waals surface area contributed by atoms with Crippen molar-refractivity contribution in [2.24, 2.45) is 5.92 Å². The number of carbonyl (C=O) groups is 1. The number of aromatic nitrogens is 2. The summed E-state index contributed by atoms with van der Waals surface area (Å²) in [5.41, 5.74) is 1.55. The standard InChI is InChI=1S/C20H24FN3OS/c1-4-9-24-17-11-15(21)7-8-16(17)22-19(24)13-23(12-14(2)3)20(25)18-6-5-10-26-18/h5-8,10-11,14H,4,9,12-13H2,1-3H3. The number of hydrogen-bond donors (Lipinski definition) is 0. The molecule has 0 aliphatic heterocycles. The van der Waals surface area contributed by atoms with Crippen LogP contribution in [-0.2, 0) is 13.1 Å². The number of halogens is 1. The Morgan fingerprint density at radius 3 is 2.81 bits per heavy atom. The summed E-state index contributed by atoms with van der Waals surface area (Å²) < 4.78 is 15.7. The normalized spacial score (nSPS) is 11.4. The molecule has 0 spiro atoms. The quantitative estimate of drug-likeness (QED) is 0.588. The van der Waals surface area contributed by atoms with Crippen LogP contribution in [0.15, 0.2) is 35.7 Å². The highest BCUT2D eigenvalue weighted by Crippen LogP contribution is 2.21. The van der Waals surface area contributed by atoms with Gasteiger partial charge < -0.3 is 9.47 Å². The molecule has 0 saturated carbocycles. The minimum atomic E-state index is -0.269. The van der Waals surface area contributed by atoms with Crippen LogP contribution in [0, 0.1) is 11.7 Å². The minimum Gasteiger partial charge on any atom is -0.330 e. The highest BCUT2D eigenvalue weighted by molar-refractivity contribution is 7.12. The molecular formula is C20H24FN3OS. The molecule has 3 aromatic rings. The summed E-state index contributed by atoms with van der Waals surface area (Å²) in [5, 5.41) is 1.91. The zero-order chi connectivity index (χ0) is 18.7. The Morgan fingerprint density at radius 1 is 1.35 bits per heavy atom. The summed E-state index contributed by atoms with van der Waals surface area (Å²) in [6.45, 7) is 8.10. The van der Waals surface area contributed by atoms with E-state index in [1.165, 1.54) is 23.5 Å². The van der Waals surface area contributed by atoms with E-state index in [0.29, 0.717) is 19.0 Å². The van der Waals surface area contributed by atoms with E-state index >= 15 is 0 Å². The highest BCUT2D eigenvalue weighted by Gasteiger charge is 2.21. The molecule has 0 radical (unpaired) electrons. The second-order valence-electron chi connectivity index (χ2n) is 6.87. The topological polar surface area (TPSA) is 38.1 Å². The van der Waals surface area contributed by atoms with E-state index in [-0.39, 0.29) is 11.7 Å². The van der Waals surface area contributed by atoms with Crippen molar-refractivity contribution in [1.29, 1.82) is 0 Å². The van der Waals surface area contributed by atoms with Gasteiger partial charge >= 0.3 is 0 Å². The molecule has 0 bridgehead atoms. The Hall–Kier alpha value is -2.21. The Bertz CT molecular complexity index is 886. The Morgan fingerprint density at radius 2 is 2.15 bits per heavy atom. The number of amides is 1. The molecule has 0 N–H and O–H groups in total. The lowest BCUT2D eigenvalue weighted by Crippen LogP contribution is -2.34. The zero-order valence-electron chi connectivity index (χ0n) is 15.4. The van der Waals surface area contributed by atoms with Gasteiger partial charge in [-0.15, -0.1) is 11.3 Å². The van der Waals surface area contributed by atoms with E-state index < -0.39 is 0 Å². The van der Waals surface area contributed by atoms with Crippen LogP contribution in [0.4, 0.5) is 4.39 Å². The molecule has 0 atom stereocenters. The highest BCUT2D eigenvalue weighted by atomic mass is 32.1. The SMILES string of the molecule is CCCn1c(CN(CC(C)C)C(=O)c2cccs2)nc2ccc(F)cc21. The van der Waals surface area contributed by atoms with Gasteiger partial charge in [0.25, 0.3) is 5.91 Å². The maximum Gasteiger partial charge on any atom is 0.264 e. The number of carbonyl (C=O) groups excluding carboxylic acids is 1. The largest absolute Gasteiger partial charge is 0.330 e. The van der Waals surface area contributed by atoms with Crippen LogP contribution in [0.5, 0.6) is 0 Å². The molecule has 138 valence electrons. The molecule has 0 unspecified atom stereocenters. The van der Waals surface area contributed by atoms with Gasteiger partial charge in [-0.3, -0.25) is 4.79 Å². The molecule has 4 nitrogen and oxygen atoms in total. The second-order valence-corrected chi connectivity index (χ2v) is 7.82. The van der Waals surface area contributed by atoms with Gasteiger partial charge in [-0.1, -0.05) is 26.8 Å². The van der Waals surface area contributed by atoms with Crippen molar-refractivity contribution in [2.75, 3.05) is 6.54 Å². The number of imidazole rings is 1. The molecule has 0 aliphatic rings. The Labute approximate surface area is 157 Å². The van der Waals surface area contributed by atoms with Crippen molar-refractivity contribution in [3.63, 3.8) is 0 Å². The first kappa shape index (κ1) is 18.6. The van der Waals surface area contributed by atoms with Crippen molar-refractivity contribution in [3.05, 3.63) is 52.2 Å². The van der Waals surface area contributed by atoms with Crippen molar-refractivity contribution < 1.29 is 9.18 Å². The lowest BCUT2D eigenvalue weighted by Gasteiger charge is -2.24. The van der Waals surface area contributed by atoms with Crippen molar-refractivity contribution in [2.45, 2.75) is 40.3 Å². The third-order valence-electron chi connectivity index (χ3n) is 4.17. The van der Waals surface area contributed by atoms with Gasteiger partial charge in [0.05, 0.1) is 22.5 Å². The second kappa shape index (κ2) is 7.99. The van der Waals surface area contributed by atoms with Crippen LogP contribution in [0.2, 0.25) is 0 Å². The van der Waals surface area contributed by atoms with E-state index in [1.54, 1.807) is 6.07 Å². The van der Waals surface area contributed by atoms with Crippen LogP contribution in [0.25, 0.3) is 11.0 Å². The van der Waals surface area contributed by atoms with Gasteiger partial charge in [-0.2, -0.15) is 0 Å². The average molecular weight is 373 g/mol. The molecule has 6 heteroatoms. The molecular weight excluding hydrogens is 349 g/mol. The first-order chi connectivity index (χ1) is 12.5. The zero-order valence-corrected chi connectivity index (χ0v) is 16.2. The summed E-state index contributed by atoms with van der Waals surface area (Å²) in [7, 11) is 0. The lowest BCUT2D eigenvalue weighted by atomic mass is 10.2. The molecule has 3 rings (SSSR count). The van der Waals surface area contributed by atoms with Crippen molar-refractivity contribution in [3.8, 4) is 0 Å². The molecule has 1 aromatic carbocycles. The van der Waals surface area contributed by atoms with Crippen LogP contribution < -0.4 is 0 Å². The van der Waals surface area contributed by atoms with Crippen LogP contribution in [-0.4, -0.2) is 26.9 Å². The summed E-state index contributed by atoms with van der Waals surface area (Å²) in [6, 6.07) is 8.40. The van der Waals surface area contributed by atoms with E-state index in [1.807, 2.05) is 27.0 Å². The predicted octanol–water partition coefficient (Wildman–Crippen LogP) is 4.95. The molecule has 1 amide bonds. The smallest absolute Gasteiger partial charge is 0.264 e. The summed E-state index contributed by atoms with van der Waals surface area (Å²) >= 11 is 1.45. The van der Waals surface area contributed by atoms with Gasteiger partial charge in [0.1, 0.15) is 11.6 Å². The minimum absolute atomic E-state index is 0.0231. The monoisotopic (exact) mass is 373 g/mol. The predicted molar refractivity (Wildman–Crippen MR) is 104 cm³/mol. The van der Waals surface area contributed by atoms with Crippen LogP contribution in [0.3, 0.4) is 0 Å². The van der Waals surface area contributed by atoms with Gasteiger partial charge in [-0.25, -0.2) is 9.37 Å². The number of benzene rings is 1. The number of nitrogens with zero attached hydrogens (tertiary/aromatic N) is 3. The fourth-order valence-corrected chi connectivity index (χ4v) is 3.82. The summed E-state index contributed by atoms with van der Waals surface area (Å²) in [5.74, 6) is 0.906. The number of thiophene rings is 1. The third-order valence-corrected chi connectivity index (χ3v) is 5.03. The number of hydrogen-bond acceptors (Lipinski definition) is 3. The van der Waals surface area contributed by atoms with E-state index in [2.05, 4.69) is 25.8 Å². The first-order valence-corrected chi connectivity index (χ1v) is 9.85. The lowest BCUT2D eigenvalue weighted by molar-refractivity contribution is 0.0721.